The number of halogens is 1. The number of carbonyl (C=O) groups excluding carboxylic acids is 2. The Hall–Kier alpha value is -2.33. The second kappa shape index (κ2) is 10.3. The summed E-state index contributed by atoms with van der Waals surface area (Å²) in [4.78, 5) is 27.4. The number of nitrogens with one attached hydrogen (secondary N) is 1. The van der Waals surface area contributed by atoms with E-state index in [9.17, 15) is 9.59 Å². The van der Waals surface area contributed by atoms with Gasteiger partial charge in [0, 0.05) is 18.1 Å². The number of rotatable bonds is 8. The quantitative estimate of drug-likeness (QED) is 0.714. The molecule has 0 spiro atoms. The Kier molecular flexibility index (Phi) is 8.06. The van der Waals surface area contributed by atoms with Crippen LogP contribution in [0.3, 0.4) is 0 Å². The van der Waals surface area contributed by atoms with Gasteiger partial charge in [-0.3, -0.25) is 9.59 Å². The van der Waals surface area contributed by atoms with Gasteiger partial charge in [0.25, 0.3) is 0 Å². The summed E-state index contributed by atoms with van der Waals surface area (Å²) in [5.41, 5.74) is 2.96. The van der Waals surface area contributed by atoms with Crippen LogP contribution in [0.1, 0.15) is 37.5 Å². The molecule has 2 amide bonds. The van der Waals surface area contributed by atoms with Gasteiger partial charge in [0.2, 0.25) is 11.8 Å². The Morgan fingerprint density at radius 1 is 1.07 bits per heavy atom. The average molecular weight is 401 g/mol. The fraction of sp³-hybridized carbons (Fsp3) is 0.391. The largest absolute Gasteiger partial charge is 0.354 e. The summed E-state index contributed by atoms with van der Waals surface area (Å²) in [5.74, 6) is 0.113. The van der Waals surface area contributed by atoms with Gasteiger partial charge in [-0.05, 0) is 48.6 Å². The lowest BCUT2D eigenvalue weighted by Gasteiger charge is -2.29. The molecule has 4 nitrogen and oxygen atoms in total. The van der Waals surface area contributed by atoms with Crippen molar-refractivity contribution in [1.82, 2.24) is 10.2 Å². The third kappa shape index (κ3) is 6.38. The van der Waals surface area contributed by atoms with E-state index in [1.54, 1.807) is 24.0 Å². The Labute approximate surface area is 172 Å². The number of hydrogen-bond donors (Lipinski definition) is 1. The molecular weight excluding hydrogens is 372 g/mol. The van der Waals surface area contributed by atoms with Crippen LogP contribution in [0.2, 0.25) is 5.02 Å². The van der Waals surface area contributed by atoms with Crippen LogP contribution in [0.25, 0.3) is 0 Å². The number of amides is 2. The zero-order valence-corrected chi connectivity index (χ0v) is 17.8. The van der Waals surface area contributed by atoms with Crippen LogP contribution >= 0.6 is 11.6 Å². The molecule has 0 radical (unpaired) electrons. The molecule has 0 heterocycles. The predicted octanol–water partition coefficient (Wildman–Crippen LogP) is 4.38. The van der Waals surface area contributed by atoms with Crippen molar-refractivity contribution in [3.63, 3.8) is 0 Å². The maximum Gasteiger partial charge on any atom is 0.242 e. The molecule has 2 rings (SSSR count). The molecule has 2 aromatic carbocycles. The van der Waals surface area contributed by atoms with Crippen LogP contribution in [0.5, 0.6) is 0 Å². The van der Waals surface area contributed by atoms with Gasteiger partial charge in [0.05, 0.1) is 6.42 Å². The van der Waals surface area contributed by atoms with Crippen molar-refractivity contribution in [1.29, 1.82) is 0 Å². The van der Waals surface area contributed by atoms with Gasteiger partial charge in [-0.1, -0.05) is 61.8 Å². The standard InChI is InChI=1S/C23H29ClN2O2/c1-16(2)14-25-23(28)18(4)26(15-20-10-6-5-8-17(20)3)22(27)13-19-9-7-11-21(24)12-19/h5-12,16,18H,13-15H2,1-4H3,(H,25,28). The van der Waals surface area contributed by atoms with E-state index in [1.807, 2.05) is 57.2 Å². The number of hydrogen-bond acceptors (Lipinski definition) is 2. The molecule has 0 fully saturated rings. The first-order chi connectivity index (χ1) is 13.3. The van der Waals surface area contributed by atoms with E-state index in [0.29, 0.717) is 24.0 Å². The summed E-state index contributed by atoms with van der Waals surface area (Å²) < 4.78 is 0. The molecule has 0 aliphatic carbocycles. The minimum atomic E-state index is -0.565. The molecule has 28 heavy (non-hydrogen) atoms. The van der Waals surface area contributed by atoms with Crippen LogP contribution in [0.15, 0.2) is 48.5 Å². The molecule has 0 saturated carbocycles. The van der Waals surface area contributed by atoms with Crippen molar-refractivity contribution >= 4 is 23.4 Å². The molecule has 0 aliphatic rings. The lowest BCUT2D eigenvalue weighted by molar-refractivity contribution is -0.140. The van der Waals surface area contributed by atoms with Crippen molar-refractivity contribution in [3.8, 4) is 0 Å². The summed E-state index contributed by atoms with van der Waals surface area (Å²) in [6, 6.07) is 14.6. The Morgan fingerprint density at radius 3 is 2.43 bits per heavy atom. The average Bonchev–Trinajstić information content (AvgIpc) is 2.64. The highest BCUT2D eigenvalue weighted by atomic mass is 35.5. The zero-order valence-electron chi connectivity index (χ0n) is 17.0. The second-order valence-electron chi connectivity index (χ2n) is 7.57. The molecule has 0 saturated heterocycles. The number of benzene rings is 2. The molecule has 5 heteroatoms. The first kappa shape index (κ1) is 22.0. The van der Waals surface area contributed by atoms with Gasteiger partial charge in [0.1, 0.15) is 6.04 Å². The van der Waals surface area contributed by atoms with E-state index < -0.39 is 6.04 Å². The van der Waals surface area contributed by atoms with Gasteiger partial charge < -0.3 is 10.2 Å². The zero-order chi connectivity index (χ0) is 20.7. The first-order valence-corrected chi connectivity index (χ1v) is 10.0. The topological polar surface area (TPSA) is 49.4 Å². The van der Waals surface area contributed by atoms with E-state index in [1.165, 1.54) is 0 Å². The fourth-order valence-corrected chi connectivity index (χ4v) is 3.14. The van der Waals surface area contributed by atoms with Crippen LogP contribution < -0.4 is 5.32 Å². The number of aryl methyl sites for hydroxylation is 1. The van der Waals surface area contributed by atoms with Crippen molar-refractivity contribution in [2.24, 2.45) is 5.92 Å². The maximum absolute atomic E-state index is 13.1. The minimum Gasteiger partial charge on any atom is -0.354 e. The predicted molar refractivity (Wildman–Crippen MR) is 114 cm³/mol. The molecule has 1 unspecified atom stereocenters. The molecule has 1 N–H and O–H groups in total. The van der Waals surface area contributed by atoms with Gasteiger partial charge in [0.15, 0.2) is 0 Å². The van der Waals surface area contributed by atoms with Crippen molar-refractivity contribution in [2.75, 3.05) is 6.54 Å². The van der Waals surface area contributed by atoms with E-state index in [2.05, 4.69) is 5.32 Å². The van der Waals surface area contributed by atoms with Crippen molar-refractivity contribution in [3.05, 3.63) is 70.2 Å². The highest BCUT2D eigenvalue weighted by molar-refractivity contribution is 6.30. The summed E-state index contributed by atoms with van der Waals surface area (Å²) in [7, 11) is 0. The van der Waals surface area contributed by atoms with Crippen molar-refractivity contribution in [2.45, 2.75) is 46.7 Å². The minimum absolute atomic E-state index is 0.0993. The van der Waals surface area contributed by atoms with Crippen molar-refractivity contribution < 1.29 is 9.59 Å². The lowest BCUT2D eigenvalue weighted by Crippen LogP contribution is -2.48. The van der Waals surface area contributed by atoms with Crippen LogP contribution in [0, 0.1) is 12.8 Å². The molecule has 0 aliphatic heterocycles. The molecule has 1 atom stereocenters. The first-order valence-electron chi connectivity index (χ1n) is 9.64. The SMILES string of the molecule is Cc1ccccc1CN(C(=O)Cc1cccc(Cl)c1)C(C)C(=O)NCC(C)C. The van der Waals surface area contributed by atoms with Gasteiger partial charge in [-0.25, -0.2) is 0 Å². The highest BCUT2D eigenvalue weighted by Crippen LogP contribution is 2.17. The summed E-state index contributed by atoms with van der Waals surface area (Å²) >= 11 is 6.05. The van der Waals surface area contributed by atoms with E-state index in [4.69, 9.17) is 11.6 Å². The summed E-state index contributed by atoms with van der Waals surface area (Å²) in [6.07, 6.45) is 0.203. The highest BCUT2D eigenvalue weighted by Gasteiger charge is 2.26. The number of nitrogens with zero attached hydrogens (tertiary/aromatic N) is 1. The Bertz CT molecular complexity index is 820. The molecule has 2 aromatic rings. The number of carbonyl (C=O) groups is 2. The fourth-order valence-electron chi connectivity index (χ4n) is 2.93. The van der Waals surface area contributed by atoms with E-state index >= 15 is 0 Å². The van der Waals surface area contributed by atoms with Crippen LogP contribution in [0.4, 0.5) is 0 Å². The Balaban J connectivity index is 2.22. The normalized spacial score (nSPS) is 11.9. The van der Waals surface area contributed by atoms with E-state index in [-0.39, 0.29) is 18.2 Å². The summed E-state index contributed by atoms with van der Waals surface area (Å²) in [6.45, 7) is 8.86. The maximum atomic E-state index is 13.1. The molecular formula is C23H29ClN2O2. The summed E-state index contributed by atoms with van der Waals surface area (Å²) in [5, 5.41) is 3.53. The Morgan fingerprint density at radius 2 is 1.79 bits per heavy atom. The van der Waals surface area contributed by atoms with Crippen LogP contribution in [-0.2, 0) is 22.6 Å². The molecule has 150 valence electrons. The molecule has 0 bridgehead atoms. The van der Waals surface area contributed by atoms with E-state index in [0.717, 1.165) is 16.7 Å². The monoisotopic (exact) mass is 400 g/mol. The van der Waals surface area contributed by atoms with Gasteiger partial charge >= 0.3 is 0 Å². The van der Waals surface area contributed by atoms with Gasteiger partial charge in [-0.2, -0.15) is 0 Å². The lowest BCUT2D eigenvalue weighted by atomic mass is 10.1. The third-order valence-electron chi connectivity index (χ3n) is 4.70. The second-order valence-corrected chi connectivity index (χ2v) is 8.01. The smallest absolute Gasteiger partial charge is 0.242 e. The third-order valence-corrected chi connectivity index (χ3v) is 4.93. The van der Waals surface area contributed by atoms with Crippen LogP contribution in [-0.4, -0.2) is 29.3 Å². The molecule has 0 aromatic heterocycles. The van der Waals surface area contributed by atoms with Gasteiger partial charge in [-0.15, -0.1) is 0 Å².